The van der Waals surface area contributed by atoms with Gasteiger partial charge in [0.15, 0.2) is 0 Å². The fourth-order valence-corrected chi connectivity index (χ4v) is 3.67. The number of rotatable bonds is 2. The van der Waals surface area contributed by atoms with Gasteiger partial charge in [0.25, 0.3) is 5.78 Å². The van der Waals surface area contributed by atoms with E-state index in [1.807, 2.05) is 13.0 Å². The van der Waals surface area contributed by atoms with E-state index in [-0.39, 0.29) is 11.1 Å². The standard InChI is InChI=1S/C15H24N6/c1-10-6-12(21-13(18-10)16-9-17-21)19-11-7-14(2,3)20-15(4,5)8-11/h6,9,11,19-20H,7-8H2,1-5H3. The highest BCUT2D eigenvalue weighted by Gasteiger charge is 2.37. The van der Waals surface area contributed by atoms with Crippen molar-refractivity contribution in [3.8, 4) is 0 Å². The third kappa shape index (κ3) is 3.00. The molecule has 2 aromatic rings. The molecule has 1 fully saturated rings. The molecule has 0 spiro atoms. The van der Waals surface area contributed by atoms with E-state index in [1.165, 1.54) is 0 Å². The van der Waals surface area contributed by atoms with Crippen LogP contribution in [0.3, 0.4) is 0 Å². The van der Waals surface area contributed by atoms with E-state index in [4.69, 9.17) is 0 Å². The lowest BCUT2D eigenvalue weighted by Crippen LogP contribution is -2.60. The molecule has 1 aliphatic heterocycles. The van der Waals surface area contributed by atoms with Crippen molar-refractivity contribution in [1.29, 1.82) is 0 Å². The monoisotopic (exact) mass is 288 g/mol. The fourth-order valence-electron chi connectivity index (χ4n) is 3.67. The maximum atomic E-state index is 4.38. The van der Waals surface area contributed by atoms with Crippen molar-refractivity contribution in [1.82, 2.24) is 24.9 Å². The molecule has 6 heteroatoms. The van der Waals surface area contributed by atoms with Gasteiger partial charge in [0.2, 0.25) is 0 Å². The topological polar surface area (TPSA) is 67.1 Å². The Bertz CT molecular complexity index is 641. The van der Waals surface area contributed by atoms with Gasteiger partial charge in [0.1, 0.15) is 12.1 Å². The van der Waals surface area contributed by atoms with Crippen LogP contribution in [0.25, 0.3) is 5.78 Å². The molecule has 21 heavy (non-hydrogen) atoms. The molecule has 0 aromatic carbocycles. The lowest BCUT2D eigenvalue weighted by Gasteiger charge is -2.46. The average molecular weight is 288 g/mol. The maximum absolute atomic E-state index is 4.38. The molecule has 1 aliphatic rings. The van der Waals surface area contributed by atoms with Crippen LogP contribution in [0, 0.1) is 6.92 Å². The molecule has 114 valence electrons. The van der Waals surface area contributed by atoms with Crippen molar-refractivity contribution in [2.45, 2.75) is 64.6 Å². The first kappa shape index (κ1) is 14.3. The maximum Gasteiger partial charge on any atom is 0.254 e. The average Bonchev–Trinajstić information content (AvgIpc) is 2.71. The van der Waals surface area contributed by atoms with Crippen LogP contribution in [-0.4, -0.2) is 36.7 Å². The van der Waals surface area contributed by atoms with Gasteiger partial charge in [-0.1, -0.05) is 0 Å². The molecular formula is C15H24N6. The van der Waals surface area contributed by atoms with Crippen LogP contribution in [0.2, 0.25) is 0 Å². The van der Waals surface area contributed by atoms with Gasteiger partial charge in [-0.15, -0.1) is 0 Å². The quantitative estimate of drug-likeness (QED) is 0.886. The first-order valence-corrected chi connectivity index (χ1v) is 7.47. The summed E-state index contributed by atoms with van der Waals surface area (Å²) in [6.07, 6.45) is 3.67. The Hall–Kier alpha value is -1.69. The van der Waals surface area contributed by atoms with Crippen LogP contribution >= 0.6 is 0 Å². The molecule has 1 saturated heterocycles. The van der Waals surface area contributed by atoms with Gasteiger partial charge in [-0.05, 0) is 47.5 Å². The van der Waals surface area contributed by atoms with Crippen LogP contribution in [0.1, 0.15) is 46.2 Å². The Labute approximate surface area is 125 Å². The summed E-state index contributed by atoms with van der Waals surface area (Å²) in [6, 6.07) is 2.43. The van der Waals surface area contributed by atoms with Gasteiger partial charge >= 0.3 is 0 Å². The molecule has 0 aliphatic carbocycles. The van der Waals surface area contributed by atoms with Gasteiger partial charge in [0.05, 0.1) is 0 Å². The summed E-state index contributed by atoms with van der Waals surface area (Å²) in [6.45, 7) is 11.0. The number of anilines is 1. The van der Waals surface area contributed by atoms with Crippen LogP contribution in [0.15, 0.2) is 12.4 Å². The van der Waals surface area contributed by atoms with Crippen molar-refractivity contribution in [2.75, 3.05) is 5.32 Å². The van der Waals surface area contributed by atoms with Gasteiger partial charge in [-0.2, -0.15) is 14.6 Å². The summed E-state index contributed by atoms with van der Waals surface area (Å²) in [4.78, 5) is 8.56. The second kappa shape index (κ2) is 4.66. The fraction of sp³-hybridized carbons (Fsp3) is 0.667. The van der Waals surface area contributed by atoms with E-state index in [0.717, 1.165) is 24.4 Å². The number of piperidine rings is 1. The minimum absolute atomic E-state index is 0.114. The van der Waals surface area contributed by atoms with Crippen molar-refractivity contribution < 1.29 is 0 Å². The summed E-state index contributed by atoms with van der Waals surface area (Å²) in [5.74, 6) is 1.61. The Morgan fingerprint density at radius 1 is 1.24 bits per heavy atom. The molecule has 0 atom stereocenters. The molecule has 6 nitrogen and oxygen atoms in total. The van der Waals surface area contributed by atoms with E-state index < -0.39 is 0 Å². The number of hydrogen-bond acceptors (Lipinski definition) is 5. The van der Waals surface area contributed by atoms with Crippen molar-refractivity contribution in [3.63, 3.8) is 0 Å². The Kier molecular flexibility index (Phi) is 3.16. The lowest BCUT2D eigenvalue weighted by atomic mass is 9.79. The second-order valence-electron chi connectivity index (χ2n) is 7.40. The Balaban J connectivity index is 1.89. The predicted octanol–water partition coefficient (Wildman–Crippen LogP) is 2.15. The Morgan fingerprint density at radius 2 is 1.90 bits per heavy atom. The SMILES string of the molecule is Cc1cc(NC2CC(C)(C)NC(C)(C)C2)n2ncnc2n1. The summed E-state index contributed by atoms with van der Waals surface area (Å²) >= 11 is 0. The van der Waals surface area contributed by atoms with Gasteiger partial charge in [-0.3, -0.25) is 0 Å². The van der Waals surface area contributed by atoms with Crippen LogP contribution in [0.4, 0.5) is 5.82 Å². The molecule has 0 bridgehead atoms. The number of nitrogens with one attached hydrogen (secondary N) is 2. The molecule has 2 aromatic heterocycles. The van der Waals surface area contributed by atoms with E-state index in [0.29, 0.717) is 11.8 Å². The summed E-state index contributed by atoms with van der Waals surface area (Å²) in [5, 5.41) is 11.6. The zero-order chi connectivity index (χ0) is 15.3. The number of aryl methyl sites for hydroxylation is 1. The smallest absolute Gasteiger partial charge is 0.254 e. The molecule has 0 saturated carbocycles. The van der Waals surface area contributed by atoms with E-state index in [2.05, 4.69) is 53.4 Å². The minimum Gasteiger partial charge on any atom is -0.367 e. The molecule has 3 rings (SSSR count). The molecule has 0 amide bonds. The molecule has 2 N–H and O–H groups in total. The summed E-state index contributed by atoms with van der Waals surface area (Å²) < 4.78 is 1.77. The molecular weight excluding hydrogens is 264 g/mol. The molecule has 0 unspecified atom stereocenters. The van der Waals surface area contributed by atoms with E-state index in [9.17, 15) is 0 Å². The second-order valence-corrected chi connectivity index (χ2v) is 7.40. The third-order valence-electron chi connectivity index (χ3n) is 3.92. The zero-order valence-corrected chi connectivity index (χ0v) is 13.4. The largest absolute Gasteiger partial charge is 0.367 e. The highest BCUT2D eigenvalue weighted by molar-refractivity contribution is 5.45. The zero-order valence-electron chi connectivity index (χ0n) is 13.4. The van der Waals surface area contributed by atoms with Crippen LogP contribution in [-0.2, 0) is 0 Å². The van der Waals surface area contributed by atoms with Gasteiger partial charge in [0, 0.05) is 28.9 Å². The minimum atomic E-state index is 0.114. The van der Waals surface area contributed by atoms with Crippen LogP contribution < -0.4 is 10.6 Å². The first-order valence-electron chi connectivity index (χ1n) is 7.47. The predicted molar refractivity (Wildman–Crippen MR) is 83.5 cm³/mol. The van der Waals surface area contributed by atoms with E-state index >= 15 is 0 Å². The summed E-state index contributed by atoms with van der Waals surface area (Å²) in [5.41, 5.74) is 1.18. The highest BCUT2D eigenvalue weighted by Crippen LogP contribution is 2.30. The van der Waals surface area contributed by atoms with Gasteiger partial charge < -0.3 is 10.6 Å². The number of nitrogens with zero attached hydrogens (tertiary/aromatic N) is 4. The summed E-state index contributed by atoms with van der Waals surface area (Å²) in [7, 11) is 0. The number of hydrogen-bond donors (Lipinski definition) is 2. The highest BCUT2D eigenvalue weighted by atomic mass is 15.4. The number of fused-ring (bicyclic) bond motifs is 1. The Morgan fingerprint density at radius 3 is 2.57 bits per heavy atom. The lowest BCUT2D eigenvalue weighted by molar-refractivity contribution is 0.170. The van der Waals surface area contributed by atoms with Crippen molar-refractivity contribution >= 4 is 11.6 Å². The van der Waals surface area contributed by atoms with Crippen molar-refractivity contribution in [2.24, 2.45) is 0 Å². The number of aromatic nitrogens is 4. The normalized spacial score (nSPS) is 21.6. The van der Waals surface area contributed by atoms with Crippen molar-refractivity contribution in [3.05, 3.63) is 18.1 Å². The van der Waals surface area contributed by atoms with E-state index in [1.54, 1.807) is 10.8 Å². The third-order valence-corrected chi connectivity index (χ3v) is 3.92. The molecule has 0 radical (unpaired) electrons. The van der Waals surface area contributed by atoms with Crippen LogP contribution in [0.5, 0.6) is 0 Å². The first-order chi connectivity index (χ1) is 9.74. The molecule has 3 heterocycles. The van der Waals surface area contributed by atoms with Gasteiger partial charge in [-0.25, -0.2) is 4.98 Å².